The standard InChI is InChI=1S/C12H12FN3O2S/c1-16(10-4-2-3-9(13)7-10)19(17,18)11-5-6-15-12(14)8-11/h2-8H,1H3,(H2,14,15). The molecule has 0 saturated carbocycles. The van der Waals surface area contributed by atoms with E-state index in [0.717, 1.165) is 10.4 Å². The Morgan fingerprint density at radius 1 is 1.26 bits per heavy atom. The van der Waals surface area contributed by atoms with Crippen LogP contribution in [0.1, 0.15) is 0 Å². The van der Waals surface area contributed by atoms with E-state index < -0.39 is 15.8 Å². The first-order valence-electron chi connectivity index (χ1n) is 5.37. The van der Waals surface area contributed by atoms with Gasteiger partial charge in [-0.2, -0.15) is 0 Å². The summed E-state index contributed by atoms with van der Waals surface area (Å²) in [7, 11) is -2.44. The van der Waals surface area contributed by atoms with Gasteiger partial charge in [-0.05, 0) is 24.3 Å². The molecule has 2 rings (SSSR count). The molecule has 19 heavy (non-hydrogen) atoms. The minimum Gasteiger partial charge on any atom is -0.384 e. The number of rotatable bonds is 3. The van der Waals surface area contributed by atoms with Crippen LogP contribution in [0, 0.1) is 5.82 Å². The Balaban J connectivity index is 2.45. The van der Waals surface area contributed by atoms with Gasteiger partial charge in [0.15, 0.2) is 0 Å². The molecule has 2 N–H and O–H groups in total. The predicted octanol–water partition coefficient (Wildman–Crippen LogP) is 1.63. The smallest absolute Gasteiger partial charge is 0.264 e. The molecular formula is C12H12FN3O2S. The number of benzene rings is 1. The first-order valence-corrected chi connectivity index (χ1v) is 6.81. The van der Waals surface area contributed by atoms with Crippen molar-refractivity contribution in [2.24, 2.45) is 0 Å². The summed E-state index contributed by atoms with van der Waals surface area (Å²) in [5.41, 5.74) is 5.70. The molecule has 1 aromatic heterocycles. The number of nitrogens with two attached hydrogens (primary N) is 1. The highest BCUT2D eigenvalue weighted by atomic mass is 32.2. The average molecular weight is 281 g/mol. The molecule has 0 atom stereocenters. The van der Waals surface area contributed by atoms with Crippen molar-refractivity contribution in [3.63, 3.8) is 0 Å². The van der Waals surface area contributed by atoms with Crippen molar-refractivity contribution in [1.82, 2.24) is 4.98 Å². The molecule has 0 aliphatic carbocycles. The van der Waals surface area contributed by atoms with E-state index in [0.29, 0.717) is 0 Å². The summed E-state index contributed by atoms with van der Waals surface area (Å²) in [6.07, 6.45) is 1.31. The number of sulfonamides is 1. The van der Waals surface area contributed by atoms with Gasteiger partial charge in [-0.1, -0.05) is 6.07 Å². The molecule has 0 spiro atoms. The van der Waals surface area contributed by atoms with Crippen LogP contribution in [0.15, 0.2) is 47.5 Å². The number of aromatic nitrogens is 1. The van der Waals surface area contributed by atoms with Crippen molar-refractivity contribution in [3.05, 3.63) is 48.4 Å². The van der Waals surface area contributed by atoms with Crippen LogP contribution in [-0.4, -0.2) is 20.4 Å². The maximum absolute atomic E-state index is 13.1. The third-order valence-corrected chi connectivity index (χ3v) is 4.36. The van der Waals surface area contributed by atoms with Gasteiger partial charge in [-0.15, -0.1) is 0 Å². The molecule has 0 unspecified atom stereocenters. The van der Waals surface area contributed by atoms with Gasteiger partial charge in [0.1, 0.15) is 11.6 Å². The molecule has 2 aromatic rings. The number of nitrogens with zero attached hydrogens (tertiary/aromatic N) is 2. The van der Waals surface area contributed by atoms with Crippen LogP contribution in [0.3, 0.4) is 0 Å². The quantitative estimate of drug-likeness (QED) is 0.927. The molecule has 1 aromatic carbocycles. The van der Waals surface area contributed by atoms with Crippen molar-refractivity contribution in [2.45, 2.75) is 4.90 Å². The summed E-state index contributed by atoms with van der Waals surface area (Å²) in [6.45, 7) is 0. The summed E-state index contributed by atoms with van der Waals surface area (Å²) in [5.74, 6) is -0.400. The lowest BCUT2D eigenvalue weighted by molar-refractivity contribution is 0.594. The average Bonchev–Trinajstić information content (AvgIpc) is 2.38. The van der Waals surface area contributed by atoms with Gasteiger partial charge < -0.3 is 5.73 Å². The largest absolute Gasteiger partial charge is 0.384 e. The Bertz CT molecular complexity index is 704. The number of nitrogen functional groups attached to an aromatic ring is 1. The topological polar surface area (TPSA) is 76.3 Å². The number of halogens is 1. The molecule has 7 heteroatoms. The zero-order valence-corrected chi connectivity index (χ0v) is 10.9. The third kappa shape index (κ3) is 2.65. The fraction of sp³-hybridized carbons (Fsp3) is 0.0833. The van der Waals surface area contributed by atoms with Crippen molar-refractivity contribution in [3.8, 4) is 0 Å². The normalized spacial score (nSPS) is 11.3. The second kappa shape index (κ2) is 4.85. The lowest BCUT2D eigenvalue weighted by atomic mass is 10.3. The third-order valence-electron chi connectivity index (χ3n) is 2.58. The Morgan fingerprint density at radius 2 is 2.00 bits per heavy atom. The summed E-state index contributed by atoms with van der Waals surface area (Å²) in [5, 5.41) is 0. The van der Waals surface area contributed by atoms with E-state index in [9.17, 15) is 12.8 Å². The number of anilines is 2. The first-order chi connectivity index (χ1) is 8.91. The van der Waals surface area contributed by atoms with Gasteiger partial charge >= 0.3 is 0 Å². The highest BCUT2D eigenvalue weighted by Gasteiger charge is 2.21. The van der Waals surface area contributed by atoms with E-state index in [1.165, 1.54) is 43.6 Å². The van der Waals surface area contributed by atoms with E-state index in [1.807, 2.05) is 0 Å². The van der Waals surface area contributed by atoms with E-state index in [-0.39, 0.29) is 16.4 Å². The van der Waals surface area contributed by atoms with Crippen LogP contribution < -0.4 is 10.0 Å². The molecule has 0 fully saturated rings. The fourth-order valence-electron chi connectivity index (χ4n) is 1.56. The second-order valence-corrected chi connectivity index (χ2v) is 5.84. The Labute approximate surface area is 110 Å². The highest BCUT2D eigenvalue weighted by molar-refractivity contribution is 7.92. The monoisotopic (exact) mass is 281 g/mol. The van der Waals surface area contributed by atoms with Crippen LogP contribution in [-0.2, 0) is 10.0 Å². The van der Waals surface area contributed by atoms with E-state index in [2.05, 4.69) is 4.98 Å². The number of hydrogen-bond donors (Lipinski definition) is 1. The lowest BCUT2D eigenvalue weighted by Crippen LogP contribution is -2.26. The predicted molar refractivity (Wildman–Crippen MR) is 70.6 cm³/mol. The molecule has 100 valence electrons. The van der Waals surface area contributed by atoms with Crippen LogP contribution in [0.2, 0.25) is 0 Å². The fourth-order valence-corrected chi connectivity index (χ4v) is 2.77. The van der Waals surface area contributed by atoms with Gasteiger partial charge in [-0.3, -0.25) is 4.31 Å². The molecule has 0 aliphatic rings. The molecule has 5 nitrogen and oxygen atoms in total. The Morgan fingerprint density at radius 3 is 2.63 bits per heavy atom. The zero-order valence-electron chi connectivity index (χ0n) is 10.1. The Kier molecular flexibility index (Phi) is 3.39. The summed E-state index contributed by atoms with van der Waals surface area (Å²) in [4.78, 5) is 3.74. The molecule has 0 amide bonds. The number of pyridine rings is 1. The van der Waals surface area contributed by atoms with E-state index >= 15 is 0 Å². The van der Waals surface area contributed by atoms with Crippen LogP contribution in [0.4, 0.5) is 15.9 Å². The van der Waals surface area contributed by atoms with Gasteiger partial charge in [-0.25, -0.2) is 17.8 Å². The molecular weight excluding hydrogens is 269 g/mol. The van der Waals surface area contributed by atoms with Gasteiger partial charge in [0.2, 0.25) is 0 Å². The van der Waals surface area contributed by atoms with Crippen molar-refractivity contribution in [2.75, 3.05) is 17.1 Å². The minimum atomic E-state index is -3.78. The molecule has 0 radical (unpaired) electrons. The summed E-state index contributed by atoms with van der Waals surface area (Å²) < 4.78 is 38.8. The minimum absolute atomic E-state index is 0.00626. The van der Waals surface area contributed by atoms with Crippen LogP contribution in [0.25, 0.3) is 0 Å². The first kappa shape index (κ1) is 13.3. The lowest BCUT2D eigenvalue weighted by Gasteiger charge is -2.19. The highest BCUT2D eigenvalue weighted by Crippen LogP contribution is 2.22. The number of hydrogen-bond acceptors (Lipinski definition) is 4. The molecule has 0 saturated heterocycles. The van der Waals surface area contributed by atoms with Crippen LogP contribution in [0.5, 0.6) is 0 Å². The van der Waals surface area contributed by atoms with E-state index in [1.54, 1.807) is 0 Å². The maximum atomic E-state index is 13.1. The van der Waals surface area contributed by atoms with Crippen LogP contribution >= 0.6 is 0 Å². The Hall–Kier alpha value is -2.15. The van der Waals surface area contributed by atoms with Crippen molar-refractivity contribution in [1.29, 1.82) is 0 Å². The second-order valence-electron chi connectivity index (χ2n) is 3.87. The van der Waals surface area contributed by atoms with Gasteiger partial charge in [0.05, 0.1) is 10.6 Å². The van der Waals surface area contributed by atoms with Gasteiger partial charge in [0, 0.05) is 19.3 Å². The van der Waals surface area contributed by atoms with Gasteiger partial charge in [0.25, 0.3) is 10.0 Å². The van der Waals surface area contributed by atoms with Crippen molar-refractivity contribution >= 4 is 21.5 Å². The summed E-state index contributed by atoms with van der Waals surface area (Å²) in [6, 6.07) is 7.92. The molecule has 1 heterocycles. The molecule has 0 aliphatic heterocycles. The summed E-state index contributed by atoms with van der Waals surface area (Å²) >= 11 is 0. The SMILES string of the molecule is CN(c1cccc(F)c1)S(=O)(=O)c1ccnc(N)c1. The van der Waals surface area contributed by atoms with E-state index in [4.69, 9.17) is 5.73 Å². The van der Waals surface area contributed by atoms with Crippen molar-refractivity contribution < 1.29 is 12.8 Å². The molecule has 0 bridgehead atoms. The zero-order chi connectivity index (χ0) is 14.0. The maximum Gasteiger partial charge on any atom is 0.264 e.